The highest BCUT2D eigenvalue weighted by molar-refractivity contribution is 6.04. The van der Waals surface area contributed by atoms with Gasteiger partial charge in [0.25, 0.3) is 0 Å². The molecule has 27 heavy (non-hydrogen) atoms. The normalized spacial score (nSPS) is 26.9. The zero-order chi connectivity index (χ0) is 19.2. The molecule has 0 bridgehead atoms. The van der Waals surface area contributed by atoms with Crippen LogP contribution in [0.3, 0.4) is 0 Å². The first kappa shape index (κ1) is 18.3. The molecule has 3 aliphatic rings. The van der Waals surface area contributed by atoms with E-state index in [1.165, 1.54) is 31.2 Å². The van der Waals surface area contributed by atoms with Gasteiger partial charge in [-0.05, 0) is 57.5 Å². The Hall–Kier alpha value is -2.08. The standard InChI is InChI=1S/C21H29N4O2/c1-23(2)14-21(11-3-4-12-21)15-7-9-16(10-8-15)25-18(19(22)26)17-6-5-13-24(17)20(25)27/h6-10,17-18H,3-5,11-14H2,1-2H3,(H2,22,26)/t17-,18?/m1/s1. The smallest absolute Gasteiger partial charge is 0.325 e. The molecule has 1 aromatic rings. The molecule has 3 amide bonds. The third-order valence-electron chi connectivity index (χ3n) is 6.42. The van der Waals surface area contributed by atoms with Gasteiger partial charge < -0.3 is 15.5 Å². The summed E-state index contributed by atoms with van der Waals surface area (Å²) >= 11 is 0. The van der Waals surface area contributed by atoms with Crippen LogP contribution in [-0.4, -0.2) is 61.0 Å². The van der Waals surface area contributed by atoms with E-state index in [4.69, 9.17) is 5.73 Å². The lowest BCUT2D eigenvalue weighted by Gasteiger charge is -2.33. The number of hydrogen-bond acceptors (Lipinski definition) is 3. The van der Waals surface area contributed by atoms with Crippen LogP contribution < -0.4 is 10.6 Å². The van der Waals surface area contributed by atoms with Crippen LogP contribution in [0.5, 0.6) is 0 Å². The van der Waals surface area contributed by atoms with Crippen molar-refractivity contribution in [3.63, 3.8) is 0 Å². The van der Waals surface area contributed by atoms with Gasteiger partial charge in [-0.1, -0.05) is 25.0 Å². The number of carbonyl (C=O) groups is 2. The highest BCUT2D eigenvalue weighted by atomic mass is 16.2. The molecule has 1 radical (unpaired) electrons. The summed E-state index contributed by atoms with van der Waals surface area (Å²) in [5.74, 6) is -0.446. The molecule has 2 aliphatic heterocycles. The zero-order valence-electron chi connectivity index (χ0n) is 16.2. The van der Waals surface area contributed by atoms with E-state index in [-0.39, 0.29) is 17.5 Å². The number of carbonyl (C=O) groups excluding carboxylic acids is 2. The van der Waals surface area contributed by atoms with Gasteiger partial charge in [-0.25, -0.2) is 4.79 Å². The molecule has 6 heteroatoms. The van der Waals surface area contributed by atoms with Gasteiger partial charge in [0.2, 0.25) is 5.91 Å². The van der Waals surface area contributed by atoms with Gasteiger partial charge in [-0.15, -0.1) is 0 Å². The molecular formula is C21H29N4O2. The maximum atomic E-state index is 12.9. The Bertz CT molecular complexity index is 724. The number of benzene rings is 1. The fourth-order valence-corrected chi connectivity index (χ4v) is 5.33. The molecule has 3 fully saturated rings. The Morgan fingerprint density at radius 1 is 1.22 bits per heavy atom. The quantitative estimate of drug-likeness (QED) is 0.864. The summed E-state index contributed by atoms with van der Waals surface area (Å²) in [6.07, 6.45) is 7.77. The van der Waals surface area contributed by atoms with E-state index in [9.17, 15) is 9.59 Å². The number of primary amides is 1. The first-order chi connectivity index (χ1) is 12.9. The van der Waals surface area contributed by atoms with Crippen LogP contribution in [0.2, 0.25) is 0 Å². The van der Waals surface area contributed by atoms with E-state index >= 15 is 0 Å². The Kier molecular flexibility index (Phi) is 4.62. The lowest BCUT2D eigenvalue weighted by atomic mass is 9.78. The van der Waals surface area contributed by atoms with Crippen LogP contribution in [0.1, 0.15) is 37.7 Å². The van der Waals surface area contributed by atoms with E-state index in [1.54, 1.807) is 9.80 Å². The number of nitrogens with zero attached hydrogens (tertiary/aromatic N) is 3. The van der Waals surface area contributed by atoms with Gasteiger partial charge in [0.15, 0.2) is 0 Å². The summed E-state index contributed by atoms with van der Waals surface area (Å²) in [6, 6.07) is 7.32. The van der Waals surface area contributed by atoms with Crippen molar-refractivity contribution in [3.05, 3.63) is 36.2 Å². The zero-order valence-corrected chi connectivity index (χ0v) is 16.2. The van der Waals surface area contributed by atoms with Crippen molar-refractivity contribution < 1.29 is 9.59 Å². The van der Waals surface area contributed by atoms with Gasteiger partial charge in [-0.3, -0.25) is 9.69 Å². The first-order valence-electron chi connectivity index (χ1n) is 9.91. The molecule has 1 saturated carbocycles. The Balaban J connectivity index is 1.63. The number of likely N-dealkylation sites (N-methyl/N-ethyl adjacent to an activating group) is 1. The number of anilines is 1. The molecule has 4 rings (SSSR count). The van der Waals surface area contributed by atoms with Gasteiger partial charge in [0.1, 0.15) is 6.04 Å². The van der Waals surface area contributed by atoms with Crippen molar-refractivity contribution in [2.45, 2.75) is 49.6 Å². The summed E-state index contributed by atoms with van der Waals surface area (Å²) in [5, 5.41) is 0. The minimum absolute atomic E-state index is 0.117. The number of amides is 3. The minimum Gasteiger partial charge on any atom is -0.368 e. The van der Waals surface area contributed by atoms with E-state index in [2.05, 4.69) is 31.1 Å². The molecule has 145 valence electrons. The third-order valence-corrected chi connectivity index (χ3v) is 6.42. The summed E-state index contributed by atoms with van der Waals surface area (Å²) in [7, 11) is 4.25. The average Bonchev–Trinajstić information content (AvgIpc) is 3.32. The average molecular weight is 369 g/mol. The van der Waals surface area contributed by atoms with Crippen molar-refractivity contribution in [1.29, 1.82) is 0 Å². The lowest BCUT2D eigenvalue weighted by Crippen LogP contribution is -2.47. The predicted molar refractivity (Wildman–Crippen MR) is 105 cm³/mol. The second-order valence-electron chi connectivity index (χ2n) is 8.48. The predicted octanol–water partition coefficient (Wildman–Crippen LogP) is 2.13. The number of urea groups is 1. The first-order valence-corrected chi connectivity index (χ1v) is 9.91. The van der Waals surface area contributed by atoms with Crippen LogP contribution in [0.4, 0.5) is 10.5 Å². The van der Waals surface area contributed by atoms with Crippen molar-refractivity contribution >= 4 is 17.6 Å². The molecule has 1 aromatic carbocycles. The maximum Gasteiger partial charge on any atom is 0.325 e. The van der Waals surface area contributed by atoms with Crippen LogP contribution in [0.25, 0.3) is 0 Å². The fourth-order valence-electron chi connectivity index (χ4n) is 5.33. The fraction of sp³-hybridized carbons (Fsp3) is 0.571. The highest BCUT2D eigenvalue weighted by Crippen LogP contribution is 2.42. The van der Waals surface area contributed by atoms with Gasteiger partial charge in [-0.2, -0.15) is 0 Å². The lowest BCUT2D eigenvalue weighted by molar-refractivity contribution is -0.119. The van der Waals surface area contributed by atoms with Crippen LogP contribution in [-0.2, 0) is 10.2 Å². The third kappa shape index (κ3) is 3.00. The largest absolute Gasteiger partial charge is 0.368 e. The van der Waals surface area contributed by atoms with Gasteiger partial charge in [0.05, 0.1) is 6.04 Å². The molecule has 2 saturated heterocycles. The van der Waals surface area contributed by atoms with Gasteiger partial charge in [0, 0.05) is 24.2 Å². The molecule has 2 atom stereocenters. The van der Waals surface area contributed by atoms with Crippen molar-refractivity contribution in [2.24, 2.45) is 5.73 Å². The van der Waals surface area contributed by atoms with Crippen LogP contribution >= 0.6 is 0 Å². The minimum atomic E-state index is -0.618. The monoisotopic (exact) mass is 369 g/mol. The second kappa shape index (κ2) is 6.82. The maximum absolute atomic E-state index is 12.9. The molecule has 1 unspecified atom stereocenters. The van der Waals surface area contributed by atoms with E-state index in [1.807, 2.05) is 18.6 Å². The van der Waals surface area contributed by atoms with Crippen LogP contribution in [0.15, 0.2) is 24.3 Å². The number of nitrogens with two attached hydrogens (primary N) is 1. The topological polar surface area (TPSA) is 69.9 Å². The molecule has 6 nitrogen and oxygen atoms in total. The highest BCUT2D eigenvalue weighted by Gasteiger charge is 2.51. The van der Waals surface area contributed by atoms with Crippen molar-refractivity contribution in [1.82, 2.24) is 9.80 Å². The summed E-state index contributed by atoms with van der Waals surface area (Å²) in [5.41, 5.74) is 7.94. The molecule has 0 spiro atoms. The summed E-state index contributed by atoms with van der Waals surface area (Å²) < 4.78 is 0. The van der Waals surface area contributed by atoms with Gasteiger partial charge >= 0.3 is 6.03 Å². The number of rotatable bonds is 5. The summed E-state index contributed by atoms with van der Waals surface area (Å²) in [4.78, 5) is 30.6. The molecular weight excluding hydrogens is 340 g/mol. The molecule has 2 heterocycles. The number of fused-ring (bicyclic) bond motifs is 1. The molecule has 1 aliphatic carbocycles. The number of hydrogen-bond donors (Lipinski definition) is 1. The van der Waals surface area contributed by atoms with Crippen molar-refractivity contribution in [2.75, 3.05) is 32.1 Å². The molecule has 0 aromatic heterocycles. The Morgan fingerprint density at radius 2 is 1.89 bits per heavy atom. The van der Waals surface area contributed by atoms with E-state index in [0.717, 1.165) is 18.7 Å². The SMILES string of the molecule is CN(C)CC1(c2ccc(N3C(=O)N4CC[CH][C@@H]4C3C(N)=O)cc2)CCCC1. The Labute approximate surface area is 161 Å². The second-order valence-corrected chi connectivity index (χ2v) is 8.48. The molecule has 2 N–H and O–H groups in total. The van der Waals surface area contributed by atoms with Crippen LogP contribution in [0, 0.1) is 6.42 Å². The van der Waals surface area contributed by atoms with E-state index in [0.29, 0.717) is 6.54 Å². The Morgan fingerprint density at radius 3 is 2.48 bits per heavy atom. The van der Waals surface area contributed by atoms with Crippen molar-refractivity contribution in [3.8, 4) is 0 Å². The summed E-state index contributed by atoms with van der Waals surface area (Å²) in [6.45, 7) is 1.69. The van der Waals surface area contributed by atoms with E-state index < -0.39 is 11.9 Å².